The van der Waals surface area contributed by atoms with E-state index in [1.54, 1.807) is 0 Å². The van der Waals surface area contributed by atoms with E-state index in [2.05, 4.69) is 5.32 Å². The predicted octanol–water partition coefficient (Wildman–Crippen LogP) is 1.28. The molecule has 4 nitrogen and oxygen atoms in total. The first-order valence-electron chi connectivity index (χ1n) is 6.93. The summed E-state index contributed by atoms with van der Waals surface area (Å²) < 4.78 is 0. The molecule has 0 spiro atoms. The van der Waals surface area contributed by atoms with E-state index in [9.17, 15) is 4.79 Å². The van der Waals surface area contributed by atoms with E-state index in [4.69, 9.17) is 11.5 Å². The highest BCUT2D eigenvalue weighted by atomic mass is 16.1. The van der Waals surface area contributed by atoms with Gasteiger partial charge in [-0.3, -0.25) is 4.79 Å². The molecule has 1 aliphatic carbocycles. The second-order valence-electron chi connectivity index (χ2n) is 5.19. The number of unbranched alkanes of at least 4 members (excludes halogenated alkanes) is 3. The molecule has 4 heteroatoms. The lowest BCUT2D eigenvalue weighted by atomic mass is 9.97. The topological polar surface area (TPSA) is 81.1 Å². The van der Waals surface area contributed by atoms with Crippen molar-refractivity contribution in [1.82, 2.24) is 5.32 Å². The van der Waals surface area contributed by atoms with Crippen LogP contribution in [0.25, 0.3) is 0 Å². The third kappa shape index (κ3) is 5.04. The molecule has 1 rings (SSSR count). The summed E-state index contributed by atoms with van der Waals surface area (Å²) in [7, 11) is 0. The molecule has 17 heavy (non-hydrogen) atoms. The van der Waals surface area contributed by atoms with E-state index in [0.717, 1.165) is 45.1 Å². The molecule has 0 aromatic carbocycles. The number of rotatable bonds is 8. The number of nitrogens with one attached hydrogen (secondary N) is 1. The molecule has 0 unspecified atom stereocenters. The van der Waals surface area contributed by atoms with E-state index < -0.39 is 0 Å². The molecule has 0 aromatic rings. The van der Waals surface area contributed by atoms with Crippen molar-refractivity contribution in [2.75, 3.05) is 13.1 Å². The van der Waals surface area contributed by atoms with Crippen LogP contribution in [-0.2, 0) is 4.79 Å². The average Bonchev–Trinajstić information content (AvgIpc) is 2.78. The molecule has 0 heterocycles. The van der Waals surface area contributed by atoms with Gasteiger partial charge in [0, 0.05) is 13.0 Å². The Bertz CT molecular complexity index is 225. The molecule has 1 amide bonds. The van der Waals surface area contributed by atoms with Crippen molar-refractivity contribution in [2.24, 2.45) is 11.5 Å². The highest BCUT2D eigenvalue weighted by Gasteiger charge is 2.33. The molecule has 0 saturated heterocycles. The molecule has 0 atom stereocenters. The summed E-state index contributed by atoms with van der Waals surface area (Å²) in [6.07, 6.45) is 9.35. The number of hydrogen-bond acceptors (Lipinski definition) is 3. The first-order chi connectivity index (χ1) is 8.22. The van der Waals surface area contributed by atoms with Gasteiger partial charge in [0.2, 0.25) is 5.91 Å². The Kier molecular flexibility index (Phi) is 6.52. The van der Waals surface area contributed by atoms with Crippen molar-refractivity contribution < 1.29 is 4.79 Å². The Morgan fingerprint density at radius 3 is 2.29 bits per heavy atom. The van der Waals surface area contributed by atoms with Gasteiger partial charge >= 0.3 is 0 Å². The van der Waals surface area contributed by atoms with Gasteiger partial charge in [0.25, 0.3) is 0 Å². The van der Waals surface area contributed by atoms with Crippen LogP contribution in [0.1, 0.15) is 57.8 Å². The minimum absolute atomic E-state index is 0.0889. The molecule has 0 radical (unpaired) electrons. The van der Waals surface area contributed by atoms with Gasteiger partial charge in [-0.1, -0.05) is 25.7 Å². The van der Waals surface area contributed by atoms with Crippen molar-refractivity contribution in [3.05, 3.63) is 0 Å². The fraction of sp³-hybridized carbons (Fsp3) is 0.923. The third-order valence-electron chi connectivity index (χ3n) is 3.71. The maximum Gasteiger partial charge on any atom is 0.220 e. The molecule has 1 aliphatic rings. The molecule has 0 bridgehead atoms. The monoisotopic (exact) mass is 241 g/mol. The van der Waals surface area contributed by atoms with E-state index in [0.29, 0.717) is 13.0 Å². The summed E-state index contributed by atoms with van der Waals surface area (Å²) in [6, 6.07) is 0. The van der Waals surface area contributed by atoms with Gasteiger partial charge in [0.15, 0.2) is 0 Å². The van der Waals surface area contributed by atoms with Crippen LogP contribution in [-0.4, -0.2) is 24.5 Å². The third-order valence-corrected chi connectivity index (χ3v) is 3.71. The lowest BCUT2D eigenvalue weighted by Gasteiger charge is -2.28. The molecular formula is C13H27N3O. The van der Waals surface area contributed by atoms with E-state index in [1.807, 2.05) is 0 Å². The summed E-state index contributed by atoms with van der Waals surface area (Å²) >= 11 is 0. The minimum Gasteiger partial charge on any atom is -0.349 e. The molecule has 0 aromatic heterocycles. The highest BCUT2D eigenvalue weighted by Crippen LogP contribution is 2.28. The van der Waals surface area contributed by atoms with Gasteiger partial charge in [-0.2, -0.15) is 0 Å². The molecule has 1 saturated carbocycles. The molecular weight excluding hydrogens is 214 g/mol. The summed E-state index contributed by atoms with van der Waals surface area (Å²) in [6.45, 7) is 1.33. The van der Waals surface area contributed by atoms with Crippen LogP contribution in [0.15, 0.2) is 0 Å². The lowest BCUT2D eigenvalue weighted by Crippen LogP contribution is -2.51. The van der Waals surface area contributed by atoms with Crippen LogP contribution >= 0.6 is 0 Å². The summed E-state index contributed by atoms with van der Waals surface area (Å²) in [5.41, 5.74) is 11.1. The predicted molar refractivity (Wildman–Crippen MR) is 70.5 cm³/mol. The smallest absolute Gasteiger partial charge is 0.220 e. The Labute approximate surface area is 105 Å². The Morgan fingerprint density at radius 1 is 1.06 bits per heavy atom. The molecule has 100 valence electrons. The summed E-state index contributed by atoms with van der Waals surface area (Å²) in [4.78, 5) is 11.8. The van der Waals surface area contributed by atoms with Crippen molar-refractivity contribution in [1.29, 1.82) is 0 Å². The van der Waals surface area contributed by atoms with Crippen LogP contribution in [0, 0.1) is 0 Å². The molecule has 0 aliphatic heterocycles. The zero-order chi connectivity index (χ0) is 12.6. The number of nitrogens with two attached hydrogens (primary N) is 2. The molecule has 1 fully saturated rings. The number of carbonyl (C=O) groups is 1. The van der Waals surface area contributed by atoms with Gasteiger partial charge in [-0.15, -0.1) is 0 Å². The first kappa shape index (κ1) is 14.5. The Morgan fingerprint density at radius 2 is 1.71 bits per heavy atom. The lowest BCUT2D eigenvalue weighted by molar-refractivity contribution is -0.123. The normalized spacial score (nSPS) is 18.2. The van der Waals surface area contributed by atoms with E-state index >= 15 is 0 Å². The average molecular weight is 241 g/mol. The van der Waals surface area contributed by atoms with Crippen LogP contribution < -0.4 is 16.8 Å². The largest absolute Gasteiger partial charge is 0.349 e. The number of hydrogen-bond donors (Lipinski definition) is 3. The zero-order valence-corrected chi connectivity index (χ0v) is 10.8. The fourth-order valence-electron chi connectivity index (χ4n) is 2.57. The standard InChI is InChI=1S/C13H27N3O/c14-10-6-2-1-3-7-12(17)16-13(11-15)8-4-5-9-13/h1-11,14-15H2,(H,16,17). The second kappa shape index (κ2) is 7.67. The quantitative estimate of drug-likeness (QED) is 0.560. The van der Waals surface area contributed by atoms with Crippen molar-refractivity contribution in [3.63, 3.8) is 0 Å². The first-order valence-corrected chi connectivity index (χ1v) is 6.93. The van der Waals surface area contributed by atoms with Crippen molar-refractivity contribution >= 4 is 5.91 Å². The maximum absolute atomic E-state index is 11.8. The van der Waals surface area contributed by atoms with Gasteiger partial charge in [0.05, 0.1) is 5.54 Å². The zero-order valence-electron chi connectivity index (χ0n) is 10.8. The number of carbonyl (C=O) groups excluding carboxylic acids is 1. The van der Waals surface area contributed by atoms with Gasteiger partial charge < -0.3 is 16.8 Å². The summed E-state index contributed by atoms with van der Waals surface area (Å²) in [5, 5.41) is 3.14. The molecule has 5 N–H and O–H groups in total. The van der Waals surface area contributed by atoms with Crippen LogP contribution in [0.3, 0.4) is 0 Å². The maximum atomic E-state index is 11.8. The minimum atomic E-state index is -0.0889. The second-order valence-corrected chi connectivity index (χ2v) is 5.19. The Balaban J connectivity index is 2.15. The van der Waals surface area contributed by atoms with E-state index in [-0.39, 0.29) is 11.4 Å². The highest BCUT2D eigenvalue weighted by molar-refractivity contribution is 5.76. The summed E-state index contributed by atoms with van der Waals surface area (Å²) in [5.74, 6) is 0.171. The Hall–Kier alpha value is -0.610. The van der Waals surface area contributed by atoms with Crippen LogP contribution in [0.2, 0.25) is 0 Å². The van der Waals surface area contributed by atoms with Gasteiger partial charge in [0.1, 0.15) is 0 Å². The SMILES string of the molecule is NCCCCCCC(=O)NC1(CN)CCCC1. The van der Waals surface area contributed by atoms with Crippen molar-refractivity contribution in [3.8, 4) is 0 Å². The van der Waals surface area contributed by atoms with Crippen LogP contribution in [0.5, 0.6) is 0 Å². The van der Waals surface area contributed by atoms with E-state index in [1.165, 1.54) is 12.8 Å². The van der Waals surface area contributed by atoms with Gasteiger partial charge in [-0.05, 0) is 32.2 Å². The van der Waals surface area contributed by atoms with Crippen molar-refractivity contribution in [2.45, 2.75) is 63.3 Å². The number of amides is 1. The van der Waals surface area contributed by atoms with Crippen LogP contribution in [0.4, 0.5) is 0 Å². The fourth-order valence-corrected chi connectivity index (χ4v) is 2.57. The van der Waals surface area contributed by atoms with Gasteiger partial charge in [-0.25, -0.2) is 0 Å².